The third-order valence-corrected chi connectivity index (χ3v) is 3.45. The van der Waals surface area contributed by atoms with E-state index in [1.54, 1.807) is 19.2 Å². The van der Waals surface area contributed by atoms with Gasteiger partial charge in [0.15, 0.2) is 0 Å². The maximum absolute atomic E-state index is 11.6. The first-order valence-electron chi connectivity index (χ1n) is 6.00. The topological polar surface area (TPSA) is 64.4 Å². The van der Waals surface area contributed by atoms with Gasteiger partial charge in [0.05, 0.1) is 12.9 Å². The lowest BCUT2D eigenvalue weighted by molar-refractivity contribution is -0.118. The quantitative estimate of drug-likeness (QED) is 0.452. The van der Waals surface area contributed by atoms with E-state index in [0.29, 0.717) is 17.2 Å². The Balaban J connectivity index is 2.45. The molecule has 100 valence electrons. The maximum atomic E-state index is 11.6. The van der Waals surface area contributed by atoms with Crippen LogP contribution >= 0.6 is 11.8 Å². The van der Waals surface area contributed by atoms with E-state index in [4.69, 9.17) is 10.5 Å². The maximum Gasteiger partial charge on any atom is 0.230 e. The van der Waals surface area contributed by atoms with Gasteiger partial charge in [0.2, 0.25) is 5.91 Å². The molecular weight excluding hydrogens is 248 g/mol. The lowest BCUT2D eigenvalue weighted by Crippen LogP contribution is -2.25. The average Bonchev–Trinajstić information content (AvgIpc) is 2.37. The minimum Gasteiger partial charge on any atom is -0.496 e. The molecule has 1 aromatic rings. The number of ether oxygens (including phenoxy) is 1. The van der Waals surface area contributed by atoms with Crippen LogP contribution in [0.2, 0.25) is 0 Å². The van der Waals surface area contributed by atoms with E-state index in [2.05, 4.69) is 12.2 Å². The molecule has 4 nitrogen and oxygen atoms in total. The van der Waals surface area contributed by atoms with E-state index in [0.717, 1.165) is 24.3 Å². The van der Waals surface area contributed by atoms with Crippen molar-refractivity contribution >= 4 is 23.4 Å². The Hall–Kier alpha value is -1.36. The van der Waals surface area contributed by atoms with Crippen molar-refractivity contribution in [3.63, 3.8) is 0 Å². The molecule has 0 aliphatic heterocycles. The van der Waals surface area contributed by atoms with E-state index in [9.17, 15) is 4.79 Å². The van der Waals surface area contributed by atoms with E-state index < -0.39 is 0 Å². The Labute approximate surface area is 112 Å². The Kier molecular flexibility index (Phi) is 6.43. The highest BCUT2D eigenvalue weighted by atomic mass is 32.2. The summed E-state index contributed by atoms with van der Waals surface area (Å²) in [6.07, 6.45) is 2.10. The van der Waals surface area contributed by atoms with E-state index in [1.807, 2.05) is 6.07 Å². The van der Waals surface area contributed by atoms with Crippen LogP contribution in [0.4, 0.5) is 5.69 Å². The zero-order valence-corrected chi connectivity index (χ0v) is 11.7. The first-order valence-corrected chi connectivity index (χ1v) is 6.99. The van der Waals surface area contributed by atoms with E-state index in [-0.39, 0.29) is 5.91 Å². The predicted molar refractivity (Wildman–Crippen MR) is 76.0 cm³/mol. The van der Waals surface area contributed by atoms with Crippen LogP contribution in [0.25, 0.3) is 0 Å². The Morgan fingerprint density at radius 3 is 2.94 bits per heavy atom. The minimum absolute atomic E-state index is 0.0485. The number of nitrogen functional groups attached to an aromatic ring is 1. The number of unbranched alkanes of at least 4 members (excludes halogenated alkanes) is 1. The number of rotatable bonds is 7. The molecule has 0 aromatic heterocycles. The van der Waals surface area contributed by atoms with Crippen LogP contribution in [0.15, 0.2) is 23.1 Å². The SMILES string of the molecule is CCCCNC(=O)CSc1ccc(N)cc1OC. The van der Waals surface area contributed by atoms with Crippen LogP contribution in [-0.2, 0) is 4.79 Å². The molecule has 3 N–H and O–H groups in total. The Bertz CT molecular complexity index is 397. The first kappa shape index (κ1) is 14.7. The minimum atomic E-state index is 0.0485. The fraction of sp³-hybridized carbons (Fsp3) is 0.462. The second-order valence-electron chi connectivity index (χ2n) is 3.90. The molecule has 0 saturated heterocycles. The second kappa shape index (κ2) is 7.87. The summed E-state index contributed by atoms with van der Waals surface area (Å²) in [4.78, 5) is 12.5. The molecule has 18 heavy (non-hydrogen) atoms. The van der Waals surface area contributed by atoms with Gasteiger partial charge in [-0.25, -0.2) is 0 Å². The zero-order chi connectivity index (χ0) is 13.4. The Morgan fingerprint density at radius 1 is 1.50 bits per heavy atom. The van der Waals surface area contributed by atoms with Crippen LogP contribution in [0.1, 0.15) is 19.8 Å². The number of nitrogens with one attached hydrogen (secondary N) is 1. The van der Waals surface area contributed by atoms with Crippen molar-refractivity contribution in [1.82, 2.24) is 5.32 Å². The molecule has 0 spiro atoms. The highest BCUT2D eigenvalue weighted by Crippen LogP contribution is 2.30. The summed E-state index contributed by atoms with van der Waals surface area (Å²) in [5.74, 6) is 1.15. The van der Waals surface area contributed by atoms with Gasteiger partial charge in [0.1, 0.15) is 5.75 Å². The van der Waals surface area contributed by atoms with Crippen molar-refractivity contribution in [2.45, 2.75) is 24.7 Å². The molecule has 0 bridgehead atoms. The third-order valence-electron chi connectivity index (χ3n) is 2.40. The van der Waals surface area contributed by atoms with Gasteiger partial charge in [0.25, 0.3) is 0 Å². The van der Waals surface area contributed by atoms with Crippen molar-refractivity contribution in [3.8, 4) is 5.75 Å². The van der Waals surface area contributed by atoms with Crippen LogP contribution in [0.5, 0.6) is 5.75 Å². The normalized spacial score (nSPS) is 10.1. The molecular formula is C13H20N2O2S. The summed E-state index contributed by atoms with van der Waals surface area (Å²) in [5, 5.41) is 2.88. The molecule has 1 rings (SSSR count). The number of carbonyl (C=O) groups is 1. The van der Waals surface area contributed by atoms with Crippen molar-refractivity contribution in [3.05, 3.63) is 18.2 Å². The van der Waals surface area contributed by atoms with Gasteiger partial charge in [-0.15, -0.1) is 11.8 Å². The molecule has 5 heteroatoms. The summed E-state index contributed by atoms with van der Waals surface area (Å²) in [5.41, 5.74) is 6.33. The van der Waals surface area contributed by atoms with Gasteiger partial charge in [0, 0.05) is 23.2 Å². The highest BCUT2D eigenvalue weighted by Gasteiger charge is 2.07. The number of thioether (sulfide) groups is 1. The summed E-state index contributed by atoms with van der Waals surface area (Å²) in [6.45, 7) is 2.84. The van der Waals surface area contributed by atoms with Gasteiger partial charge < -0.3 is 15.8 Å². The molecule has 0 unspecified atom stereocenters. The largest absolute Gasteiger partial charge is 0.496 e. The highest BCUT2D eigenvalue weighted by molar-refractivity contribution is 8.00. The average molecular weight is 268 g/mol. The van der Waals surface area contributed by atoms with Crippen LogP contribution in [0.3, 0.4) is 0 Å². The summed E-state index contributed by atoms with van der Waals surface area (Å²) in [6, 6.07) is 5.44. The fourth-order valence-electron chi connectivity index (χ4n) is 1.40. The second-order valence-corrected chi connectivity index (χ2v) is 4.92. The van der Waals surface area contributed by atoms with Gasteiger partial charge in [-0.1, -0.05) is 13.3 Å². The fourth-order valence-corrected chi connectivity index (χ4v) is 2.24. The Morgan fingerprint density at radius 2 is 2.28 bits per heavy atom. The van der Waals surface area contributed by atoms with Gasteiger partial charge in [-0.2, -0.15) is 0 Å². The number of benzene rings is 1. The molecule has 0 atom stereocenters. The zero-order valence-electron chi connectivity index (χ0n) is 10.9. The number of hydrogen-bond donors (Lipinski definition) is 2. The standard InChI is InChI=1S/C13H20N2O2S/c1-3-4-7-15-13(16)9-18-12-6-5-10(14)8-11(12)17-2/h5-6,8H,3-4,7,9,14H2,1-2H3,(H,15,16). The number of amides is 1. The van der Waals surface area contributed by atoms with Crippen LogP contribution in [-0.4, -0.2) is 25.3 Å². The molecule has 0 aliphatic rings. The van der Waals surface area contributed by atoms with Crippen molar-refractivity contribution in [1.29, 1.82) is 0 Å². The molecule has 0 heterocycles. The van der Waals surface area contributed by atoms with Gasteiger partial charge >= 0.3 is 0 Å². The lowest BCUT2D eigenvalue weighted by Gasteiger charge is -2.09. The summed E-state index contributed by atoms with van der Waals surface area (Å²) >= 11 is 1.45. The number of methoxy groups -OCH3 is 1. The molecule has 0 saturated carbocycles. The third kappa shape index (κ3) is 4.87. The molecule has 1 aromatic carbocycles. The smallest absolute Gasteiger partial charge is 0.230 e. The number of anilines is 1. The van der Waals surface area contributed by atoms with E-state index >= 15 is 0 Å². The molecule has 0 aliphatic carbocycles. The number of carbonyl (C=O) groups excluding carboxylic acids is 1. The van der Waals surface area contributed by atoms with Gasteiger partial charge in [-0.3, -0.25) is 4.79 Å². The lowest BCUT2D eigenvalue weighted by atomic mass is 10.3. The summed E-state index contributed by atoms with van der Waals surface area (Å²) in [7, 11) is 1.60. The van der Waals surface area contributed by atoms with Crippen molar-refractivity contribution < 1.29 is 9.53 Å². The van der Waals surface area contributed by atoms with Crippen molar-refractivity contribution in [2.24, 2.45) is 0 Å². The summed E-state index contributed by atoms with van der Waals surface area (Å²) < 4.78 is 5.22. The van der Waals surface area contributed by atoms with Crippen molar-refractivity contribution in [2.75, 3.05) is 25.1 Å². The number of nitrogens with two attached hydrogens (primary N) is 1. The van der Waals surface area contributed by atoms with Crippen LogP contribution in [0, 0.1) is 0 Å². The van der Waals surface area contributed by atoms with Gasteiger partial charge in [-0.05, 0) is 18.6 Å². The molecule has 0 radical (unpaired) electrons. The number of hydrogen-bond acceptors (Lipinski definition) is 4. The monoisotopic (exact) mass is 268 g/mol. The molecule has 0 fully saturated rings. The first-order chi connectivity index (χ1) is 8.67. The van der Waals surface area contributed by atoms with E-state index in [1.165, 1.54) is 11.8 Å². The molecule has 1 amide bonds. The predicted octanol–water partition coefficient (Wildman–Crippen LogP) is 2.29. The van der Waals surface area contributed by atoms with Crippen LogP contribution < -0.4 is 15.8 Å².